The van der Waals surface area contributed by atoms with Crippen LogP contribution in [0.4, 0.5) is 0 Å². The third-order valence-corrected chi connectivity index (χ3v) is 10.1. The minimum Gasteiger partial charge on any atom is -0.456 e. The lowest BCUT2D eigenvalue weighted by atomic mass is 9.84. The summed E-state index contributed by atoms with van der Waals surface area (Å²) in [4.78, 5) is 14.9. The second-order valence-electron chi connectivity index (χ2n) is 13.6. The van der Waals surface area contributed by atoms with E-state index in [-0.39, 0.29) is 0 Å². The summed E-state index contributed by atoms with van der Waals surface area (Å²) in [5, 5.41) is 2.21. The van der Waals surface area contributed by atoms with Crippen molar-refractivity contribution >= 4 is 21.9 Å². The zero-order valence-electron chi connectivity index (χ0n) is 29.8. The van der Waals surface area contributed by atoms with Gasteiger partial charge in [0.2, 0.25) is 0 Å². The highest BCUT2D eigenvalue weighted by Crippen LogP contribution is 2.45. The Hall–Kier alpha value is -7.43. The molecule has 0 aliphatic carbocycles. The van der Waals surface area contributed by atoms with Gasteiger partial charge in [0, 0.05) is 27.5 Å². The molecule has 0 aliphatic heterocycles. The molecule has 0 amide bonds. The standard InChI is InChI=1S/C51H33N3O/c1-5-15-34(16-6-1)41-32-43(48(36-17-7-2-8-18-36)44(33-41)40-29-30-47-45(31-40)42-23-13-14-24-46(42)55-47)35-25-27-39(28-26-35)51-53-49(37-19-9-3-10-20-37)52-50(54-51)38-21-11-4-12-22-38/h1-33H. The Bertz CT molecular complexity index is 2880. The Morgan fingerprint density at radius 2 is 0.691 bits per heavy atom. The van der Waals surface area contributed by atoms with E-state index in [1.54, 1.807) is 0 Å². The van der Waals surface area contributed by atoms with E-state index >= 15 is 0 Å². The zero-order valence-corrected chi connectivity index (χ0v) is 29.8. The molecule has 4 heteroatoms. The SMILES string of the molecule is c1ccc(-c2cc(-c3ccc(-c4nc(-c5ccccc5)nc(-c5ccccc5)n4)cc3)c(-c3ccccc3)c(-c3ccc4oc5ccccc5c4c3)c2)cc1. The minimum absolute atomic E-state index is 0.627. The first-order chi connectivity index (χ1) is 27.2. The van der Waals surface area contributed by atoms with Crippen molar-refractivity contribution < 1.29 is 4.42 Å². The first kappa shape index (κ1) is 32.2. The molecule has 258 valence electrons. The average Bonchev–Trinajstić information content (AvgIpc) is 3.65. The number of benzene rings is 8. The topological polar surface area (TPSA) is 51.8 Å². The number of nitrogens with zero attached hydrogens (tertiary/aromatic N) is 3. The van der Waals surface area contributed by atoms with Crippen LogP contribution in [0, 0.1) is 0 Å². The van der Waals surface area contributed by atoms with Crippen LogP contribution in [0.3, 0.4) is 0 Å². The summed E-state index contributed by atoms with van der Waals surface area (Å²) in [6, 6.07) is 69.6. The van der Waals surface area contributed by atoms with E-state index in [1.165, 1.54) is 0 Å². The lowest BCUT2D eigenvalue weighted by Crippen LogP contribution is -2.00. The van der Waals surface area contributed by atoms with Gasteiger partial charge in [0.05, 0.1) is 0 Å². The Morgan fingerprint density at radius 1 is 0.273 bits per heavy atom. The molecule has 0 atom stereocenters. The molecule has 2 heterocycles. The fourth-order valence-corrected chi connectivity index (χ4v) is 7.44. The number of hydrogen-bond acceptors (Lipinski definition) is 4. The molecule has 0 bridgehead atoms. The van der Waals surface area contributed by atoms with E-state index in [1.807, 2.05) is 72.8 Å². The highest BCUT2D eigenvalue weighted by Gasteiger charge is 2.19. The maximum atomic E-state index is 6.24. The van der Waals surface area contributed by atoms with Gasteiger partial charge in [-0.2, -0.15) is 0 Å². The third kappa shape index (κ3) is 6.16. The van der Waals surface area contributed by atoms with Gasteiger partial charge in [-0.1, -0.05) is 170 Å². The van der Waals surface area contributed by atoms with Crippen LogP contribution < -0.4 is 0 Å². The lowest BCUT2D eigenvalue weighted by Gasteiger charge is -2.19. The van der Waals surface area contributed by atoms with Crippen molar-refractivity contribution in [2.75, 3.05) is 0 Å². The number of rotatable bonds is 7. The second-order valence-corrected chi connectivity index (χ2v) is 13.6. The molecule has 4 nitrogen and oxygen atoms in total. The molecule has 8 aromatic carbocycles. The monoisotopic (exact) mass is 703 g/mol. The molecule has 55 heavy (non-hydrogen) atoms. The smallest absolute Gasteiger partial charge is 0.164 e. The van der Waals surface area contributed by atoms with Crippen molar-refractivity contribution in [3.8, 4) is 78.7 Å². The molecule has 10 aromatic rings. The molecular weight excluding hydrogens is 671 g/mol. The summed E-state index contributed by atoms with van der Waals surface area (Å²) in [5.74, 6) is 1.91. The van der Waals surface area contributed by atoms with Gasteiger partial charge in [-0.05, 0) is 74.8 Å². The summed E-state index contributed by atoms with van der Waals surface area (Å²) < 4.78 is 6.24. The summed E-state index contributed by atoms with van der Waals surface area (Å²) in [6.07, 6.45) is 0. The van der Waals surface area contributed by atoms with Gasteiger partial charge in [0.1, 0.15) is 11.2 Å². The number of furan rings is 1. The van der Waals surface area contributed by atoms with Crippen molar-refractivity contribution in [1.29, 1.82) is 0 Å². The normalized spacial score (nSPS) is 11.3. The van der Waals surface area contributed by atoms with E-state index in [4.69, 9.17) is 19.4 Å². The van der Waals surface area contributed by atoms with Crippen LogP contribution >= 0.6 is 0 Å². The number of aromatic nitrogens is 3. The van der Waals surface area contributed by atoms with Crippen LogP contribution in [-0.2, 0) is 0 Å². The highest BCUT2D eigenvalue weighted by atomic mass is 16.3. The van der Waals surface area contributed by atoms with Crippen LogP contribution in [0.5, 0.6) is 0 Å². The Balaban J connectivity index is 1.17. The predicted octanol–water partition coefficient (Wildman–Crippen LogP) is 13.4. The van der Waals surface area contributed by atoms with Gasteiger partial charge in [0.15, 0.2) is 17.5 Å². The molecule has 0 saturated heterocycles. The van der Waals surface area contributed by atoms with Gasteiger partial charge >= 0.3 is 0 Å². The van der Waals surface area contributed by atoms with Crippen LogP contribution in [0.2, 0.25) is 0 Å². The van der Waals surface area contributed by atoms with Crippen molar-refractivity contribution in [3.05, 3.63) is 200 Å². The quantitative estimate of drug-likeness (QED) is 0.166. The van der Waals surface area contributed by atoms with Crippen LogP contribution in [-0.4, -0.2) is 15.0 Å². The molecule has 2 aromatic heterocycles. The minimum atomic E-state index is 0.627. The number of hydrogen-bond donors (Lipinski definition) is 0. The fraction of sp³-hybridized carbons (Fsp3) is 0. The number of para-hydroxylation sites is 1. The van der Waals surface area contributed by atoms with Gasteiger partial charge in [-0.3, -0.25) is 0 Å². The second kappa shape index (κ2) is 13.8. The Labute approximate surface area is 319 Å². The predicted molar refractivity (Wildman–Crippen MR) is 225 cm³/mol. The molecular formula is C51H33N3O. The van der Waals surface area contributed by atoms with E-state index in [0.29, 0.717) is 17.5 Å². The fourth-order valence-electron chi connectivity index (χ4n) is 7.44. The third-order valence-electron chi connectivity index (χ3n) is 10.1. The maximum Gasteiger partial charge on any atom is 0.164 e. The first-order valence-electron chi connectivity index (χ1n) is 18.4. The highest BCUT2D eigenvalue weighted by molar-refractivity contribution is 6.07. The molecule has 0 N–H and O–H groups in total. The maximum absolute atomic E-state index is 6.24. The molecule has 0 saturated carbocycles. The van der Waals surface area contributed by atoms with Crippen molar-refractivity contribution in [1.82, 2.24) is 15.0 Å². The first-order valence-corrected chi connectivity index (χ1v) is 18.4. The molecule has 0 aliphatic rings. The molecule has 0 fully saturated rings. The lowest BCUT2D eigenvalue weighted by molar-refractivity contribution is 0.669. The molecule has 0 unspecified atom stereocenters. The van der Waals surface area contributed by atoms with Gasteiger partial charge in [0.25, 0.3) is 0 Å². The summed E-state index contributed by atoms with van der Waals surface area (Å²) >= 11 is 0. The van der Waals surface area contributed by atoms with E-state index in [0.717, 1.165) is 83.1 Å². The van der Waals surface area contributed by atoms with Crippen molar-refractivity contribution in [3.63, 3.8) is 0 Å². The largest absolute Gasteiger partial charge is 0.456 e. The van der Waals surface area contributed by atoms with Crippen LogP contribution in [0.1, 0.15) is 0 Å². The van der Waals surface area contributed by atoms with Crippen molar-refractivity contribution in [2.24, 2.45) is 0 Å². The van der Waals surface area contributed by atoms with E-state index in [2.05, 4.69) is 127 Å². The van der Waals surface area contributed by atoms with Gasteiger partial charge in [-0.15, -0.1) is 0 Å². The zero-order chi connectivity index (χ0) is 36.6. The summed E-state index contributed by atoms with van der Waals surface area (Å²) in [7, 11) is 0. The van der Waals surface area contributed by atoms with Crippen molar-refractivity contribution in [2.45, 2.75) is 0 Å². The van der Waals surface area contributed by atoms with Crippen LogP contribution in [0.25, 0.3) is 101 Å². The Kier molecular flexibility index (Phi) is 8.12. The number of fused-ring (bicyclic) bond motifs is 3. The molecule has 10 rings (SSSR count). The van der Waals surface area contributed by atoms with E-state index in [9.17, 15) is 0 Å². The molecule has 0 spiro atoms. The van der Waals surface area contributed by atoms with Gasteiger partial charge in [-0.25, -0.2) is 15.0 Å². The van der Waals surface area contributed by atoms with Gasteiger partial charge < -0.3 is 4.42 Å². The molecule has 0 radical (unpaired) electrons. The Morgan fingerprint density at radius 3 is 1.27 bits per heavy atom. The van der Waals surface area contributed by atoms with Crippen LogP contribution in [0.15, 0.2) is 205 Å². The summed E-state index contributed by atoms with van der Waals surface area (Å²) in [5.41, 5.74) is 13.7. The summed E-state index contributed by atoms with van der Waals surface area (Å²) in [6.45, 7) is 0. The van der Waals surface area contributed by atoms with E-state index < -0.39 is 0 Å². The average molecular weight is 704 g/mol.